The van der Waals surface area contributed by atoms with E-state index in [1.54, 1.807) is 6.07 Å². The van der Waals surface area contributed by atoms with E-state index in [1.807, 2.05) is 0 Å². The zero-order valence-corrected chi connectivity index (χ0v) is 14.0. The van der Waals surface area contributed by atoms with E-state index in [4.69, 9.17) is 4.74 Å². The van der Waals surface area contributed by atoms with Gasteiger partial charge in [-0.25, -0.2) is 8.42 Å². The largest absolute Gasteiger partial charge is 0.465 e. The molecule has 0 amide bonds. The van der Waals surface area contributed by atoms with Gasteiger partial charge in [0, 0.05) is 0 Å². The van der Waals surface area contributed by atoms with E-state index < -0.39 is 32.8 Å². The van der Waals surface area contributed by atoms with Crippen LogP contribution in [0, 0.1) is 0 Å². The maximum Gasteiger partial charge on any atom is 0.416 e. The number of ether oxygens (including phenoxy) is 1. The Labute approximate surface area is 143 Å². The normalized spacial score (nSPS) is 13.3. The molecule has 8 heteroatoms. The second kappa shape index (κ2) is 7.26. The third kappa shape index (κ3) is 4.19. The number of hydrogen-bond acceptors (Lipinski definition) is 4. The van der Waals surface area contributed by atoms with E-state index in [0.29, 0.717) is 0 Å². The fourth-order valence-electron chi connectivity index (χ4n) is 2.25. The Kier molecular flexibility index (Phi) is 5.52. The van der Waals surface area contributed by atoms with Crippen molar-refractivity contribution in [1.29, 1.82) is 0 Å². The zero-order valence-electron chi connectivity index (χ0n) is 13.2. The summed E-state index contributed by atoms with van der Waals surface area (Å²) in [6.07, 6.45) is -4.56. The monoisotopic (exact) mass is 372 g/mol. The molecule has 0 aromatic heterocycles. The van der Waals surface area contributed by atoms with Crippen LogP contribution in [0.5, 0.6) is 0 Å². The van der Waals surface area contributed by atoms with Crippen LogP contribution in [0.4, 0.5) is 13.2 Å². The Balaban J connectivity index is 2.52. The molecule has 25 heavy (non-hydrogen) atoms. The van der Waals surface area contributed by atoms with Crippen LogP contribution in [-0.4, -0.2) is 21.0 Å². The van der Waals surface area contributed by atoms with E-state index >= 15 is 0 Å². The molecule has 0 fully saturated rings. The first-order chi connectivity index (χ1) is 11.7. The van der Waals surface area contributed by atoms with Gasteiger partial charge in [-0.15, -0.1) is 0 Å². The lowest BCUT2D eigenvalue weighted by atomic mass is 10.1. The predicted octanol–water partition coefficient (Wildman–Crippen LogP) is 3.78. The van der Waals surface area contributed by atoms with Crippen LogP contribution in [0.3, 0.4) is 0 Å². The average molecular weight is 372 g/mol. The molecule has 0 aliphatic rings. The van der Waals surface area contributed by atoms with Crippen molar-refractivity contribution in [3.8, 4) is 0 Å². The number of carbonyl (C=O) groups excluding carboxylic acids is 1. The van der Waals surface area contributed by atoms with Crippen molar-refractivity contribution in [2.75, 3.05) is 6.61 Å². The van der Waals surface area contributed by atoms with Crippen molar-refractivity contribution >= 4 is 15.8 Å². The van der Waals surface area contributed by atoms with Gasteiger partial charge in [-0.3, -0.25) is 4.79 Å². The van der Waals surface area contributed by atoms with Crippen molar-refractivity contribution in [2.45, 2.75) is 23.2 Å². The molecule has 0 spiro atoms. The summed E-state index contributed by atoms with van der Waals surface area (Å²) in [7, 11) is -4.18. The van der Waals surface area contributed by atoms with Gasteiger partial charge in [0.1, 0.15) is 0 Å². The van der Waals surface area contributed by atoms with Crippen molar-refractivity contribution < 1.29 is 31.1 Å². The van der Waals surface area contributed by atoms with Gasteiger partial charge in [0.15, 0.2) is 15.1 Å². The molecule has 0 saturated carbocycles. The molecule has 0 heterocycles. The quantitative estimate of drug-likeness (QED) is 0.750. The van der Waals surface area contributed by atoms with Crippen LogP contribution in [0.15, 0.2) is 59.5 Å². The maximum absolute atomic E-state index is 12.8. The lowest BCUT2D eigenvalue weighted by Crippen LogP contribution is -2.25. The Morgan fingerprint density at radius 2 is 1.60 bits per heavy atom. The van der Waals surface area contributed by atoms with Gasteiger partial charge >= 0.3 is 12.1 Å². The number of esters is 1. The molecule has 2 aromatic rings. The molecule has 0 aliphatic heterocycles. The van der Waals surface area contributed by atoms with Gasteiger partial charge in [-0.2, -0.15) is 13.2 Å². The summed E-state index contributed by atoms with van der Waals surface area (Å²) in [4.78, 5) is 12.1. The highest BCUT2D eigenvalue weighted by Gasteiger charge is 2.38. The molecule has 0 saturated heterocycles. The van der Waals surface area contributed by atoms with Gasteiger partial charge in [0.2, 0.25) is 0 Å². The first kappa shape index (κ1) is 19.0. The summed E-state index contributed by atoms with van der Waals surface area (Å²) in [6, 6.07) is 10.6. The fourth-order valence-corrected chi connectivity index (χ4v) is 3.90. The minimum absolute atomic E-state index is 0.0553. The van der Waals surface area contributed by atoms with E-state index in [-0.39, 0.29) is 17.1 Å². The molecule has 4 nitrogen and oxygen atoms in total. The first-order valence-corrected chi connectivity index (χ1v) is 8.85. The highest BCUT2D eigenvalue weighted by Crippen LogP contribution is 2.33. The molecule has 0 aliphatic carbocycles. The van der Waals surface area contributed by atoms with Crippen LogP contribution in [-0.2, 0) is 25.5 Å². The van der Waals surface area contributed by atoms with E-state index in [0.717, 1.165) is 24.3 Å². The highest BCUT2D eigenvalue weighted by molar-refractivity contribution is 7.92. The second-order valence-electron chi connectivity index (χ2n) is 5.11. The summed E-state index contributed by atoms with van der Waals surface area (Å²) >= 11 is 0. The lowest BCUT2D eigenvalue weighted by Gasteiger charge is -2.17. The molecular formula is C17H15F3O4S. The minimum atomic E-state index is -4.56. The summed E-state index contributed by atoms with van der Waals surface area (Å²) < 4.78 is 68.5. The third-order valence-corrected chi connectivity index (χ3v) is 5.44. The topological polar surface area (TPSA) is 60.4 Å². The number of halogens is 3. The van der Waals surface area contributed by atoms with E-state index in [9.17, 15) is 26.4 Å². The summed E-state index contributed by atoms with van der Waals surface area (Å²) in [5, 5.41) is -1.74. The Hall–Kier alpha value is -2.35. The molecule has 2 aromatic carbocycles. The molecular weight excluding hydrogens is 357 g/mol. The fraction of sp³-hybridized carbons (Fsp3) is 0.235. The van der Waals surface area contributed by atoms with Crippen LogP contribution in [0.2, 0.25) is 0 Å². The third-order valence-electron chi connectivity index (χ3n) is 3.42. The second-order valence-corrected chi connectivity index (χ2v) is 7.14. The van der Waals surface area contributed by atoms with E-state index in [2.05, 4.69) is 0 Å². The van der Waals surface area contributed by atoms with Gasteiger partial charge in [-0.05, 0) is 36.8 Å². The van der Waals surface area contributed by atoms with Crippen molar-refractivity contribution in [2.24, 2.45) is 0 Å². The Morgan fingerprint density at radius 3 is 2.08 bits per heavy atom. The first-order valence-electron chi connectivity index (χ1n) is 7.30. The Bertz CT molecular complexity index is 828. The summed E-state index contributed by atoms with van der Waals surface area (Å²) in [6.45, 7) is 1.46. The number of sulfone groups is 1. The molecule has 0 N–H and O–H groups in total. The van der Waals surface area contributed by atoms with Crippen molar-refractivity contribution in [3.05, 3.63) is 65.7 Å². The van der Waals surface area contributed by atoms with Gasteiger partial charge in [0.05, 0.1) is 17.1 Å². The van der Waals surface area contributed by atoms with Gasteiger partial charge in [0.25, 0.3) is 0 Å². The lowest BCUT2D eigenvalue weighted by molar-refractivity contribution is -0.142. The van der Waals surface area contributed by atoms with Crippen LogP contribution >= 0.6 is 0 Å². The number of carbonyl (C=O) groups is 1. The summed E-state index contributed by atoms with van der Waals surface area (Å²) in [5.74, 6) is -1.04. The van der Waals surface area contributed by atoms with Crippen molar-refractivity contribution in [3.63, 3.8) is 0 Å². The zero-order chi connectivity index (χ0) is 18.7. The number of hydrogen-bond donors (Lipinski definition) is 0. The SMILES string of the molecule is CCOC(=O)C(c1ccc(C(F)(F)F)cc1)S(=O)(=O)c1ccccc1. The number of benzene rings is 2. The molecule has 0 radical (unpaired) electrons. The van der Waals surface area contributed by atoms with E-state index in [1.165, 1.54) is 31.2 Å². The number of rotatable bonds is 5. The molecule has 0 bridgehead atoms. The van der Waals surface area contributed by atoms with Crippen LogP contribution < -0.4 is 0 Å². The molecule has 1 unspecified atom stereocenters. The van der Waals surface area contributed by atoms with Gasteiger partial charge < -0.3 is 4.74 Å². The predicted molar refractivity (Wildman–Crippen MR) is 84.4 cm³/mol. The molecule has 134 valence electrons. The number of alkyl halides is 3. The van der Waals surface area contributed by atoms with Crippen LogP contribution in [0.25, 0.3) is 0 Å². The molecule has 2 rings (SSSR count). The Morgan fingerprint density at radius 1 is 1.04 bits per heavy atom. The van der Waals surface area contributed by atoms with Gasteiger partial charge in [-0.1, -0.05) is 30.3 Å². The minimum Gasteiger partial charge on any atom is -0.465 e. The average Bonchev–Trinajstić information content (AvgIpc) is 2.55. The highest BCUT2D eigenvalue weighted by atomic mass is 32.2. The standard InChI is InChI=1S/C17H15F3O4S/c1-2-24-16(21)15(25(22,23)14-6-4-3-5-7-14)12-8-10-13(11-9-12)17(18,19)20/h3-11,15H,2H2,1H3. The molecule has 1 atom stereocenters. The van der Waals surface area contributed by atoms with Crippen molar-refractivity contribution in [1.82, 2.24) is 0 Å². The van der Waals surface area contributed by atoms with Crippen LogP contribution in [0.1, 0.15) is 23.3 Å². The summed E-state index contributed by atoms with van der Waals surface area (Å²) in [5.41, 5.74) is -1.02. The smallest absolute Gasteiger partial charge is 0.416 e. The maximum atomic E-state index is 12.8.